The fraction of sp³-hybridized carbons (Fsp3) is 0.583. The van der Waals surface area contributed by atoms with Crippen molar-refractivity contribution in [2.45, 2.75) is 33.2 Å². The first-order chi connectivity index (χ1) is 8.11. The molecule has 1 N–H and O–H groups in total. The summed E-state index contributed by atoms with van der Waals surface area (Å²) in [6.07, 6.45) is 2.48. The summed E-state index contributed by atoms with van der Waals surface area (Å²) in [4.78, 5) is 8.48. The molecule has 1 atom stereocenters. The van der Waals surface area contributed by atoms with E-state index < -0.39 is 0 Å². The molecule has 2 aromatic rings. The molecule has 0 radical (unpaired) electrons. The van der Waals surface area contributed by atoms with Crippen molar-refractivity contribution >= 4 is 5.78 Å². The lowest BCUT2D eigenvalue weighted by atomic mass is 9.99. The Balaban J connectivity index is 2.37. The molecule has 92 valence electrons. The Bertz CT molecular complexity index is 503. The van der Waals surface area contributed by atoms with Gasteiger partial charge in [0, 0.05) is 23.9 Å². The summed E-state index contributed by atoms with van der Waals surface area (Å²) in [5.41, 5.74) is 2.14. The Labute approximate surface area is 101 Å². The van der Waals surface area contributed by atoms with Crippen molar-refractivity contribution in [2.24, 2.45) is 5.92 Å². The summed E-state index contributed by atoms with van der Waals surface area (Å²) in [6, 6.07) is 2.51. The number of hydrogen-bond donors (Lipinski definition) is 1. The van der Waals surface area contributed by atoms with E-state index in [1.54, 1.807) is 6.33 Å². The Morgan fingerprint density at radius 2 is 2.18 bits per heavy atom. The number of hydrogen-bond acceptors (Lipinski definition) is 4. The molecule has 0 saturated heterocycles. The standard InChI is InChI=1S/C12H19N5/c1-8(2)11(13-4)6-10-5-9(3)16-12-14-7-15-17(10)12/h5,7-8,11,13H,6H2,1-4H3. The van der Waals surface area contributed by atoms with Gasteiger partial charge in [-0.1, -0.05) is 13.8 Å². The van der Waals surface area contributed by atoms with Crippen molar-refractivity contribution in [3.63, 3.8) is 0 Å². The number of fused-ring (bicyclic) bond motifs is 1. The minimum atomic E-state index is 0.434. The molecule has 5 nitrogen and oxygen atoms in total. The van der Waals surface area contributed by atoms with Gasteiger partial charge in [0.1, 0.15) is 6.33 Å². The molecule has 0 aliphatic carbocycles. The van der Waals surface area contributed by atoms with Crippen molar-refractivity contribution in [1.29, 1.82) is 0 Å². The summed E-state index contributed by atoms with van der Waals surface area (Å²) in [5, 5.41) is 7.57. The van der Waals surface area contributed by atoms with Crippen molar-refractivity contribution in [3.8, 4) is 0 Å². The van der Waals surface area contributed by atoms with Crippen LogP contribution in [0, 0.1) is 12.8 Å². The number of nitrogens with one attached hydrogen (secondary N) is 1. The highest BCUT2D eigenvalue weighted by atomic mass is 15.3. The molecule has 0 fully saturated rings. The van der Waals surface area contributed by atoms with E-state index in [2.05, 4.69) is 40.3 Å². The molecule has 0 aliphatic rings. The van der Waals surface area contributed by atoms with Crippen LogP contribution in [-0.2, 0) is 6.42 Å². The van der Waals surface area contributed by atoms with Crippen LogP contribution in [0.1, 0.15) is 25.2 Å². The second-order valence-electron chi connectivity index (χ2n) is 4.70. The predicted octanol–water partition coefficient (Wildman–Crippen LogP) is 1.22. The first kappa shape index (κ1) is 12.0. The van der Waals surface area contributed by atoms with Gasteiger partial charge in [-0.2, -0.15) is 10.1 Å². The predicted molar refractivity (Wildman–Crippen MR) is 66.9 cm³/mol. The third kappa shape index (κ3) is 2.44. The molecule has 1 unspecified atom stereocenters. The maximum atomic E-state index is 4.34. The molecule has 0 amide bonds. The topological polar surface area (TPSA) is 55.1 Å². The van der Waals surface area contributed by atoms with E-state index in [9.17, 15) is 0 Å². The highest BCUT2D eigenvalue weighted by Gasteiger charge is 2.14. The normalized spacial score (nSPS) is 13.5. The van der Waals surface area contributed by atoms with Crippen LogP contribution in [0.4, 0.5) is 0 Å². The van der Waals surface area contributed by atoms with E-state index in [1.165, 1.54) is 0 Å². The van der Waals surface area contributed by atoms with Gasteiger partial charge in [-0.15, -0.1) is 0 Å². The molecule has 2 aromatic heterocycles. The third-order valence-corrected chi connectivity index (χ3v) is 3.06. The van der Waals surface area contributed by atoms with Crippen LogP contribution in [0.5, 0.6) is 0 Å². The van der Waals surface area contributed by atoms with Gasteiger partial charge < -0.3 is 5.32 Å². The van der Waals surface area contributed by atoms with Crippen LogP contribution < -0.4 is 5.32 Å². The monoisotopic (exact) mass is 233 g/mol. The lowest BCUT2D eigenvalue weighted by Gasteiger charge is -2.20. The second-order valence-corrected chi connectivity index (χ2v) is 4.70. The minimum Gasteiger partial charge on any atom is -0.316 e. The highest BCUT2D eigenvalue weighted by Crippen LogP contribution is 2.11. The van der Waals surface area contributed by atoms with Crippen LogP contribution >= 0.6 is 0 Å². The van der Waals surface area contributed by atoms with Crippen molar-refractivity contribution in [3.05, 3.63) is 23.8 Å². The van der Waals surface area contributed by atoms with Gasteiger partial charge in [0.2, 0.25) is 0 Å². The van der Waals surface area contributed by atoms with E-state index >= 15 is 0 Å². The molecule has 2 heterocycles. The maximum absolute atomic E-state index is 4.34. The molecule has 0 aromatic carbocycles. The summed E-state index contributed by atoms with van der Waals surface area (Å²) in [7, 11) is 2.00. The van der Waals surface area contributed by atoms with Crippen molar-refractivity contribution < 1.29 is 0 Å². The van der Waals surface area contributed by atoms with Gasteiger partial charge in [0.15, 0.2) is 0 Å². The highest BCUT2D eigenvalue weighted by molar-refractivity contribution is 5.30. The Morgan fingerprint density at radius 3 is 2.82 bits per heavy atom. The first-order valence-corrected chi connectivity index (χ1v) is 5.95. The van der Waals surface area contributed by atoms with E-state index in [-0.39, 0.29) is 0 Å². The fourth-order valence-corrected chi connectivity index (χ4v) is 2.05. The Hall–Kier alpha value is -1.49. The lowest BCUT2D eigenvalue weighted by molar-refractivity contribution is 0.418. The van der Waals surface area contributed by atoms with E-state index in [1.807, 2.05) is 18.5 Å². The van der Waals surface area contributed by atoms with Crippen LogP contribution in [0.2, 0.25) is 0 Å². The van der Waals surface area contributed by atoms with Crippen molar-refractivity contribution in [1.82, 2.24) is 24.9 Å². The molecule has 5 heteroatoms. The molecule has 0 saturated carbocycles. The molecule has 17 heavy (non-hydrogen) atoms. The van der Waals surface area contributed by atoms with Gasteiger partial charge in [0.05, 0.1) is 0 Å². The number of likely N-dealkylation sites (N-methyl/N-ethyl adjacent to an activating group) is 1. The minimum absolute atomic E-state index is 0.434. The zero-order valence-electron chi connectivity index (χ0n) is 10.8. The van der Waals surface area contributed by atoms with Gasteiger partial charge in [-0.05, 0) is 26.0 Å². The third-order valence-electron chi connectivity index (χ3n) is 3.06. The summed E-state index contributed by atoms with van der Waals surface area (Å²) in [6.45, 7) is 6.42. The first-order valence-electron chi connectivity index (χ1n) is 5.95. The summed E-state index contributed by atoms with van der Waals surface area (Å²) < 4.78 is 1.82. The zero-order valence-corrected chi connectivity index (χ0v) is 10.8. The van der Waals surface area contributed by atoms with Crippen LogP contribution in [-0.4, -0.2) is 32.7 Å². The largest absolute Gasteiger partial charge is 0.316 e. The number of nitrogens with zero attached hydrogens (tertiary/aromatic N) is 4. The van der Waals surface area contributed by atoms with E-state index in [0.29, 0.717) is 17.7 Å². The van der Waals surface area contributed by atoms with Gasteiger partial charge >= 0.3 is 0 Å². The maximum Gasteiger partial charge on any atom is 0.252 e. The van der Waals surface area contributed by atoms with Crippen LogP contribution in [0.15, 0.2) is 12.4 Å². The zero-order chi connectivity index (χ0) is 12.4. The fourth-order valence-electron chi connectivity index (χ4n) is 2.05. The molecular formula is C12H19N5. The van der Waals surface area contributed by atoms with Crippen LogP contribution in [0.3, 0.4) is 0 Å². The van der Waals surface area contributed by atoms with Crippen LogP contribution in [0.25, 0.3) is 5.78 Å². The molecular weight excluding hydrogens is 214 g/mol. The quantitative estimate of drug-likeness (QED) is 0.862. The molecule has 0 aliphatic heterocycles. The Kier molecular flexibility index (Phi) is 3.38. The second kappa shape index (κ2) is 4.79. The van der Waals surface area contributed by atoms with E-state index in [4.69, 9.17) is 0 Å². The lowest BCUT2D eigenvalue weighted by Crippen LogP contribution is -2.33. The molecule has 0 spiro atoms. The van der Waals surface area contributed by atoms with Gasteiger partial charge in [-0.25, -0.2) is 9.50 Å². The smallest absolute Gasteiger partial charge is 0.252 e. The Morgan fingerprint density at radius 1 is 1.41 bits per heavy atom. The van der Waals surface area contributed by atoms with Crippen molar-refractivity contribution in [2.75, 3.05) is 7.05 Å². The summed E-state index contributed by atoms with van der Waals surface area (Å²) >= 11 is 0. The SMILES string of the molecule is CNC(Cc1cc(C)nc2ncnn12)C(C)C. The number of aryl methyl sites for hydroxylation is 1. The summed E-state index contributed by atoms with van der Waals surface area (Å²) in [5.74, 6) is 1.26. The average Bonchev–Trinajstić information content (AvgIpc) is 2.72. The number of aromatic nitrogens is 4. The molecule has 0 bridgehead atoms. The van der Waals surface area contributed by atoms with E-state index in [0.717, 1.165) is 17.8 Å². The van der Waals surface area contributed by atoms with Gasteiger partial charge in [-0.3, -0.25) is 0 Å². The molecule has 2 rings (SSSR count). The average molecular weight is 233 g/mol. The number of rotatable bonds is 4. The van der Waals surface area contributed by atoms with Gasteiger partial charge in [0.25, 0.3) is 5.78 Å².